The molecule has 3 atom stereocenters. The van der Waals surface area contributed by atoms with Gasteiger partial charge in [-0.15, -0.1) is 0 Å². The fraction of sp³-hybridized carbons (Fsp3) is 0.900. The third kappa shape index (κ3) is 1.91. The van der Waals surface area contributed by atoms with Gasteiger partial charge in [0.25, 0.3) is 0 Å². The van der Waals surface area contributed by atoms with E-state index in [1.165, 1.54) is 6.42 Å². The molecular weight excluding hydrogens is 178 g/mol. The van der Waals surface area contributed by atoms with Crippen LogP contribution in [0.2, 0.25) is 0 Å². The molecule has 0 aromatic rings. The lowest BCUT2D eigenvalue weighted by molar-refractivity contribution is -0.127. The van der Waals surface area contributed by atoms with E-state index in [9.17, 15) is 4.79 Å². The van der Waals surface area contributed by atoms with Crippen molar-refractivity contribution in [3.8, 4) is 0 Å². The summed E-state index contributed by atoms with van der Waals surface area (Å²) in [6.07, 6.45) is 4.40. The predicted octanol–water partition coefficient (Wildman–Crippen LogP) is -0.327. The summed E-state index contributed by atoms with van der Waals surface area (Å²) in [6, 6.07) is 0.389. The number of hydrogen-bond donors (Lipinski definition) is 2. The predicted molar refractivity (Wildman–Crippen MR) is 54.5 cm³/mol. The first kappa shape index (κ1) is 9.93. The average Bonchev–Trinajstić information content (AvgIpc) is 2.44. The van der Waals surface area contributed by atoms with E-state index in [0.717, 1.165) is 32.4 Å². The van der Waals surface area contributed by atoms with Gasteiger partial charge in [0.15, 0.2) is 0 Å². The van der Waals surface area contributed by atoms with E-state index in [0.29, 0.717) is 12.0 Å². The highest BCUT2D eigenvalue weighted by Gasteiger charge is 2.35. The lowest BCUT2D eigenvalue weighted by Gasteiger charge is -2.40. The van der Waals surface area contributed by atoms with Crippen molar-refractivity contribution in [2.75, 3.05) is 13.1 Å². The monoisotopic (exact) mass is 197 g/mol. The summed E-state index contributed by atoms with van der Waals surface area (Å²) < 4.78 is 0. The van der Waals surface area contributed by atoms with Crippen LogP contribution in [0, 0.1) is 5.92 Å². The van der Waals surface area contributed by atoms with Gasteiger partial charge >= 0.3 is 0 Å². The van der Waals surface area contributed by atoms with Crippen molar-refractivity contribution >= 4 is 5.91 Å². The molecule has 0 aromatic carbocycles. The van der Waals surface area contributed by atoms with Crippen molar-refractivity contribution in [3.63, 3.8) is 0 Å². The third-order valence-electron chi connectivity index (χ3n) is 3.53. The second kappa shape index (κ2) is 3.87. The lowest BCUT2D eigenvalue weighted by atomic mass is 9.98. The van der Waals surface area contributed by atoms with Gasteiger partial charge in [0, 0.05) is 19.1 Å². The Labute approximate surface area is 84.6 Å². The second-order valence-electron chi connectivity index (χ2n) is 4.64. The average molecular weight is 197 g/mol. The Balaban J connectivity index is 1.78. The zero-order chi connectivity index (χ0) is 10.1. The van der Waals surface area contributed by atoms with Crippen LogP contribution in [0.25, 0.3) is 0 Å². The van der Waals surface area contributed by atoms with Crippen LogP contribution in [0.5, 0.6) is 0 Å². The van der Waals surface area contributed by atoms with E-state index < -0.39 is 0 Å². The molecule has 2 rings (SSSR count). The van der Waals surface area contributed by atoms with Crippen LogP contribution in [0.4, 0.5) is 0 Å². The van der Waals surface area contributed by atoms with Crippen molar-refractivity contribution in [2.45, 2.75) is 37.8 Å². The molecule has 1 aliphatic heterocycles. The molecule has 0 aromatic heterocycles. The molecule has 4 nitrogen and oxygen atoms in total. The molecule has 4 heteroatoms. The minimum atomic E-state index is -0.168. The summed E-state index contributed by atoms with van der Waals surface area (Å²) >= 11 is 0. The van der Waals surface area contributed by atoms with Gasteiger partial charge in [0.1, 0.15) is 0 Å². The highest BCUT2D eigenvalue weighted by molar-refractivity contribution is 5.80. The second-order valence-corrected chi connectivity index (χ2v) is 4.64. The van der Waals surface area contributed by atoms with E-state index in [1.54, 1.807) is 0 Å². The van der Waals surface area contributed by atoms with E-state index in [1.807, 2.05) is 0 Å². The quantitative estimate of drug-likeness (QED) is 0.651. The normalized spacial score (nSPS) is 38.2. The third-order valence-corrected chi connectivity index (χ3v) is 3.53. The highest BCUT2D eigenvalue weighted by Crippen LogP contribution is 2.28. The molecule has 1 amide bonds. The van der Waals surface area contributed by atoms with Gasteiger partial charge in [0.05, 0.1) is 6.04 Å². The number of nitrogens with zero attached hydrogens (tertiary/aromatic N) is 1. The molecule has 1 aliphatic carbocycles. The van der Waals surface area contributed by atoms with E-state index in [-0.39, 0.29) is 11.9 Å². The maximum Gasteiger partial charge on any atom is 0.234 e. The van der Waals surface area contributed by atoms with Crippen molar-refractivity contribution in [1.82, 2.24) is 4.90 Å². The molecule has 0 spiro atoms. The number of rotatable bonds is 3. The number of carbonyl (C=O) groups is 1. The molecule has 1 heterocycles. The first-order valence-electron chi connectivity index (χ1n) is 5.45. The summed E-state index contributed by atoms with van der Waals surface area (Å²) in [5.41, 5.74) is 11.1. The largest absolute Gasteiger partial charge is 0.368 e. The molecule has 0 bridgehead atoms. The number of hydrogen-bond acceptors (Lipinski definition) is 3. The molecule has 2 aliphatic rings. The maximum atomic E-state index is 11.0. The fourth-order valence-corrected chi connectivity index (χ4v) is 2.59. The van der Waals surface area contributed by atoms with Crippen LogP contribution in [0.1, 0.15) is 25.7 Å². The van der Waals surface area contributed by atoms with Crippen molar-refractivity contribution in [2.24, 2.45) is 17.4 Å². The molecular formula is C10H19N3O. The SMILES string of the molecule is NC(=O)C1CCN1C[C@H]1CC[C@@H](N)C1. The number of likely N-dealkylation sites (tertiary alicyclic amines) is 1. The summed E-state index contributed by atoms with van der Waals surface area (Å²) in [6.45, 7) is 2.04. The van der Waals surface area contributed by atoms with Crippen LogP contribution in [-0.2, 0) is 4.79 Å². The van der Waals surface area contributed by atoms with Crippen molar-refractivity contribution in [3.05, 3.63) is 0 Å². The molecule has 1 saturated carbocycles. The summed E-state index contributed by atoms with van der Waals surface area (Å²) in [7, 11) is 0. The fourth-order valence-electron chi connectivity index (χ4n) is 2.59. The maximum absolute atomic E-state index is 11.0. The Hall–Kier alpha value is -0.610. The van der Waals surface area contributed by atoms with Gasteiger partial charge in [-0.25, -0.2) is 0 Å². The van der Waals surface area contributed by atoms with Gasteiger partial charge in [-0.05, 0) is 31.6 Å². The molecule has 14 heavy (non-hydrogen) atoms. The standard InChI is InChI=1S/C10H19N3O/c11-8-2-1-7(5-8)6-13-4-3-9(13)10(12)14/h7-9H,1-6,11H2,(H2,12,14)/t7-,8+,9?/m0/s1. The molecule has 1 unspecified atom stereocenters. The van der Waals surface area contributed by atoms with Gasteiger partial charge in [0.2, 0.25) is 5.91 Å². The number of primary amides is 1. The van der Waals surface area contributed by atoms with E-state index in [4.69, 9.17) is 11.5 Å². The van der Waals surface area contributed by atoms with Gasteiger partial charge in [-0.2, -0.15) is 0 Å². The van der Waals surface area contributed by atoms with Crippen LogP contribution in [0.3, 0.4) is 0 Å². The zero-order valence-corrected chi connectivity index (χ0v) is 8.48. The Morgan fingerprint density at radius 1 is 1.36 bits per heavy atom. The first-order chi connectivity index (χ1) is 6.66. The molecule has 2 fully saturated rings. The number of nitrogens with two attached hydrogens (primary N) is 2. The summed E-state index contributed by atoms with van der Waals surface area (Å²) in [4.78, 5) is 13.2. The minimum absolute atomic E-state index is 0.00632. The van der Waals surface area contributed by atoms with Gasteiger partial charge < -0.3 is 11.5 Å². The van der Waals surface area contributed by atoms with Crippen molar-refractivity contribution in [1.29, 1.82) is 0 Å². The Bertz CT molecular complexity index is 231. The Morgan fingerprint density at radius 3 is 2.57 bits per heavy atom. The Kier molecular flexibility index (Phi) is 2.74. The topological polar surface area (TPSA) is 72.4 Å². The number of carbonyl (C=O) groups excluding carboxylic acids is 1. The highest BCUT2D eigenvalue weighted by atomic mass is 16.1. The van der Waals surface area contributed by atoms with E-state index >= 15 is 0 Å². The molecule has 4 N–H and O–H groups in total. The van der Waals surface area contributed by atoms with E-state index in [2.05, 4.69) is 4.90 Å². The smallest absolute Gasteiger partial charge is 0.234 e. The summed E-state index contributed by atoms with van der Waals surface area (Å²) in [5.74, 6) is 0.519. The number of amides is 1. The van der Waals surface area contributed by atoms with Crippen LogP contribution in [0.15, 0.2) is 0 Å². The zero-order valence-electron chi connectivity index (χ0n) is 8.48. The van der Waals surface area contributed by atoms with Crippen LogP contribution in [-0.4, -0.2) is 36.0 Å². The summed E-state index contributed by atoms with van der Waals surface area (Å²) in [5, 5.41) is 0. The van der Waals surface area contributed by atoms with Crippen LogP contribution < -0.4 is 11.5 Å². The van der Waals surface area contributed by atoms with Crippen molar-refractivity contribution < 1.29 is 4.79 Å². The Morgan fingerprint density at radius 2 is 2.14 bits per heavy atom. The first-order valence-corrected chi connectivity index (χ1v) is 5.45. The minimum Gasteiger partial charge on any atom is -0.368 e. The molecule has 1 saturated heterocycles. The molecule has 0 radical (unpaired) electrons. The van der Waals surface area contributed by atoms with Gasteiger partial charge in [-0.1, -0.05) is 0 Å². The van der Waals surface area contributed by atoms with Gasteiger partial charge in [-0.3, -0.25) is 9.69 Å². The lowest BCUT2D eigenvalue weighted by Crippen LogP contribution is -2.55. The molecule has 80 valence electrons. The van der Waals surface area contributed by atoms with Crippen LogP contribution >= 0.6 is 0 Å².